The number of rotatable bonds is 2. The van der Waals surface area contributed by atoms with Gasteiger partial charge in [0.05, 0.1) is 6.20 Å². The molecule has 0 radical (unpaired) electrons. The molecule has 4 N–H and O–H groups in total. The van der Waals surface area contributed by atoms with E-state index in [0.29, 0.717) is 5.82 Å². The molecule has 1 aliphatic heterocycles. The Morgan fingerprint density at radius 1 is 1.50 bits per heavy atom. The molecule has 96 valence electrons. The Balaban J connectivity index is 2.08. The van der Waals surface area contributed by atoms with Crippen molar-refractivity contribution in [3.8, 4) is 0 Å². The van der Waals surface area contributed by atoms with Crippen molar-refractivity contribution in [2.45, 2.75) is 25.8 Å². The zero-order valence-electron chi connectivity index (χ0n) is 10.5. The maximum atomic E-state index is 6.03. The number of aryl methyl sites for hydroxylation is 1. The van der Waals surface area contributed by atoms with Crippen LogP contribution < -0.4 is 16.4 Å². The van der Waals surface area contributed by atoms with Crippen molar-refractivity contribution in [1.82, 2.24) is 14.6 Å². The highest BCUT2D eigenvalue weighted by Gasteiger charge is 2.21. The topological polar surface area (TPSA) is 85.5 Å². The summed E-state index contributed by atoms with van der Waals surface area (Å²) < 4.78 is 1.69. The Morgan fingerprint density at radius 2 is 2.33 bits per heavy atom. The Kier molecular flexibility index (Phi) is 2.59. The molecule has 0 aromatic carbocycles. The fraction of sp³-hybridized carbons (Fsp3) is 0.500. The minimum absolute atomic E-state index is 0.236. The van der Waals surface area contributed by atoms with E-state index in [-0.39, 0.29) is 6.04 Å². The van der Waals surface area contributed by atoms with Gasteiger partial charge in [-0.25, -0.2) is 4.98 Å². The van der Waals surface area contributed by atoms with Crippen LogP contribution >= 0.6 is 0 Å². The molecular weight excluding hydrogens is 228 g/mol. The molecule has 1 saturated heterocycles. The zero-order valence-corrected chi connectivity index (χ0v) is 10.5. The summed E-state index contributed by atoms with van der Waals surface area (Å²) in [6.45, 7) is 3.88. The lowest BCUT2D eigenvalue weighted by molar-refractivity contribution is 0.751. The quantitative estimate of drug-likeness (QED) is 0.801. The van der Waals surface area contributed by atoms with E-state index in [4.69, 9.17) is 11.5 Å². The van der Waals surface area contributed by atoms with Crippen molar-refractivity contribution in [2.24, 2.45) is 5.73 Å². The summed E-state index contributed by atoms with van der Waals surface area (Å²) in [5.74, 6) is 1.53. The molecule has 0 unspecified atom stereocenters. The van der Waals surface area contributed by atoms with E-state index in [9.17, 15) is 0 Å². The van der Waals surface area contributed by atoms with E-state index in [2.05, 4.69) is 21.9 Å². The van der Waals surface area contributed by atoms with Crippen LogP contribution in [0, 0.1) is 0 Å². The van der Waals surface area contributed by atoms with E-state index in [1.807, 2.05) is 12.3 Å². The van der Waals surface area contributed by atoms with Crippen molar-refractivity contribution < 1.29 is 0 Å². The highest BCUT2D eigenvalue weighted by atomic mass is 15.3. The number of hydrogen-bond acceptors (Lipinski definition) is 5. The average molecular weight is 246 g/mol. The van der Waals surface area contributed by atoms with Crippen molar-refractivity contribution >= 4 is 17.3 Å². The highest BCUT2D eigenvalue weighted by molar-refractivity contribution is 5.59. The monoisotopic (exact) mass is 246 g/mol. The molecule has 0 aliphatic carbocycles. The third-order valence-electron chi connectivity index (χ3n) is 3.49. The number of nitrogens with two attached hydrogens (primary N) is 2. The Bertz CT molecular complexity index is 575. The van der Waals surface area contributed by atoms with Gasteiger partial charge in [-0.2, -0.15) is 9.61 Å². The van der Waals surface area contributed by atoms with Gasteiger partial charge in [0.2, 0.25) is 0 Å². The Morgan fingerprint density at radius 3 is 3.00 bits per heavy atom. The molecule has 0 spiro atoms. The molecule has 1 aliphatic rings. The smallest absolute Gasteiger partial charge is 0.162 e. The molecule has 1 fully saturated rings. The summed E-state index contributed by atoms with van der Waals surface area (Å²) in [5.41, 5.74) is 13.9. The van der Waals surface area contributed by atoms with Crippen LogP contribution in [0.5, 0.6) is 0 Å². The third kappa shape index (κ3) is 1.69. The van der Waals surface area contributed by atoms with Gasteiger partial charge in [-0.1, -0.05) is 6.92 Å². The molecule has 2 aromatic rings. The number of aromatic nitrogens is 3. The first-order chi connectivity index (χ1) is 8.69. The summed E-state index contributed by atoms with van der Waals surface area (Å²) in [6.07, 6.45) is 3.74. The number of nitrogen functional groups attached to an aromatic ring is 1. The second-order valence-electron chi connectivity index (χ2n) is 4.79. The van der Waals surface area contributed by atoms with E-state index < -0.39 is 0 Å². The van der Waals surface area contributed by atoms with Crippen LogP contribution in [0.25, 0.3) is 5.65 Å². The number of hydrogen-bond donors (Lipinski definition) is 2. The van der Waals surface area contributed by atoms with Gasteiger partial charge in [-0.3, -0.25) is 0 Å². The normalized spacial score (nSPS) is 19.9. The maximum Gasteiger partial charge on any atom is 0.162 e. The number of nitrogens with zero attached hydrogens (tertiary/aromatic N) is 4. The van der Waals surface area contributed by atoms with E-state index in [0.717, 1.165) is 43.0 Å². The molecule has 3 rings (SSSR count). The molecule has 0 bridgehead atoms. The zero-order chi connectivity index (χ0) is 12.7. The standard InChI is InChI=1S/C12H18N6/c1-2-8-6-15-18-10(14)5-11(16-12(8)18)17-4-3-9(13)7-17/h5-6,9H,2-4,7,13-14H2,1H3/t9-/m0/s1. The molecule has 3 heterocycles. The SMILES string of the molecule is CCc1cnn2c(N)cc(N3CC[C@H](N)C3)nc12. The van der Waals surface area contributed by atoms with Crippen molar-refractivity contribution in [1.29, 1.82) is 0 Å². The Hall–Kier alpha value is -1.82. The van der Waals surface area contributed by atoms with Crippen LogP contribution in [0.15, 0.2) is 12.3 Å². The van der Waals surface area contributed by atoms with Gasteiger partial charge in [0.25, 0.3) is 0 Å². The molecule has 2 aromatic heterocycles. The fourth-order valence-corrected chi connectivity index (χ4v) is 2.42. The van der Waals surface area contributed by atoms with Crippen LogP contribution in [0.2, 0.25) is 0 Å². The lowest BCUT2D eigenvalue weighted by atomic mass is 10.3. The first kappa shape index (κ1) is 11.3. The first-order valence-electron chi connectivity index (χ1n) is 6.32. The summed E-state index contributed by atoms with van der Waals surface area (Å²) in [6, 6.07) is 2.11. The predicted octanol–water partition coefficient (Wildman–Crippen LogP) is 0.411. The van der Waals surface area contributed by atoms with Gasteiger partial charge in [0.1, 0.15) is 11.6 Å². The number of fused-ring (bicyclic) bond motifs is 1. The van der Waals surface area contributed by atoms with Crippen molar-refractivity contribution in [2.75, 3.05) is 23.7 Å². The molecule has 0 saturated carbocycles. The maximum absolute atomic E-state index is 6.03. The summed E-state index contributed by atoms with van der Waals surface area (Å²) in [4.78, 5) is 6.86. The summed E-state index contributed by atoms with van der Waals surface area (Å²) in [5, 5.41) is 4.26. The molecule has 6 nitrogen and oxygen atoms in total. The molecule has 6 heteroatoms. The summed E-state index contributed by atoms with van der Waals surface area (Å²) >= 11 is 0. The summed E-state index contributed by atoms with van der Waals surface area (Å²) in [7, 11) is 0. The second kappa shape index (κ2) is 4.13. The minimum Gasteiger partial charge on any atom is -0.383 e. The van der Waals surface area contributed by atoms with Crippen molar-refractivity contribution in [3.05, 3.63) is 17.8 Å². The Labute approximate surface area is 106 Å². The van der Waals surface area contributed by atoms with Crippen LogP contribution in [-0.4, -0.2) is 33.7 Å². The molecular formula is C12H18N6. The van der Waals surface area contributed by atoms with E-state index >= 15 is 0 Å². The molecule has 0 amide bonds. The van der Waals surface area contributed by atoms with Gasteiger partial charge in [0.15, 0.2) is 5.65 Å². The average Bonchev–Trinajstić information content (AvgIpc) is 2.95. The van der Waals surface area contributed by atoms with Crippen LogP contribution in [0.3, 0.4) is 0 Å². The predicted molar refractivity (Wildman–Crippen MR) is 71.6 cm³/mol. The lowest BCUT2D eigenvalue weighted by Crippen LogP contribution is -2.27. The molecule has 18 heavy (non-hydrogen) atoms. The minimum atomic E-state index is 0.236. The van der Waals surface area contributed by atoms with Crippen LogP contribution in [-0.2, 0) is 6.42 Å². The second-order valence-corrected chi connectivity index (χ2v) is 4.79. The van der Waals surface area contributed by atoms with Gasteiger partial charge in [0, 0.05) is 30.8 Å². The van der Waals surface area contributed by atoms with E-state index in [1.54, 1.807) is 4.52 Å². The lowest BCUT2D eigenvalue weighted by Gasteiger charge is -2.17. The number of anilines is 2. The van der Waals surface area contributed by atoms with Gasteiger partial charge >= 0.3 is 0 Å². The van der Waals surface area contributed by atoms with Crippen LogP contribution in [0.1, 0.15) is 18.9 Å². The first-order valence-corrected chi connectivity index (χ1v) is 6.32. The third-order valence-corrected chi connectivity index (χ3v) is 3.49. The van der Waals surface area contributed by atoms with Crippen LogP contribution in [0.4, 0.5) is 11.6 Å². The van der Waals surface area contributed by atoms with Gasteiger partial charge < -0.3 is 16.4 Å². The largest absolute Gasteiger partial charge is 0.383 e. The molecule has 1 atom stereocenters. The highest BCUT2D eigenvalue weighted by Crippen LogP contribution is 2.22. The van der Waals surface area contributed by atoms with E-state index in [1.165, 1.54) is 0 Å². The van der Waals surface area contributed by atoms with Gasteiger partial charge in [-0.05, 0) is 12.8 Å². The van der Waals surface area contributed by atoms with Gasteiger partial charge in [-0.15, -0.1) is 0 Å². The fourth-order valence-electron chi connectivity index (χ4n) is 2.42. The van der Waals surface area contributed by atoms with Crippen molar-refractivity contribution in [3.63, 3.8) is 0 Å².